The van der Waals surface area contributed by atoms with Crippen LogP contribution in [-0.2, 0) is 6.54 Å². The van der Waals surface area contributed by atoms with E-state index >= 15 is 0 Å². The summed E-state index contributed by atoms with van der Waals surface area (Å²) in [5.41, 5.74) is 6.88. The Hall–Kier alpha value is -0.380. The van der Waals surface area contributed by atoms with Crippen LogP contribution in [0.3, 0.4) is 0 Å². The van der Waals surface area contributed by atoms with Gasteiger partial charge in [0.15, 0.2) is 0 Å². The Bertz CT molecular complexity index is 328. The fraction of sp³-hybridized carbons (Fsp3) is 0.571. The molecule has 1 aromatic rings. The molecule has 2 N–H and O–H groups in total. The smallest absolute Gasteiger partial charge is 0.0242 e. The molecule has 0 aromatic heterocycles. The van der Waals surface area contributed by atoms with Gasteiger partial charge in [-0.15, -0.1) is 0 Å². The second-order valence-electron chi connectivity index (χ2n) is 4.82. The Kier molecular flexibility index (Phi) is 6.78. The van der Waals surface area contributed by atoms with Crippen molar-refractivity contribution in [2.75, 3.05) is 20.1 Å². The number of benzene rings is 1. The third-order valence-corrected chi connectivity index (χ3v) is 3.70. The van der Waals surface area contributed by atoms with Crippen LogP contribution < -0.4 is 5.73 Å². The van der Waals surface area contributed by atoms with Crippen molar-refractivity contribution < 1.29 is 0 Å². The molecule has 0 radical (unpaired) electrons. The number of nitrogens with two attached hydrogens (primary N) is 1. The van der Waals surface area contributed by atoms with E-state index in [1.807, 2.05) is 0 Å². The number of rotatable bonds is 7. The summed E-state index contributed by atoms with van der Waals surface area (Å²) >= 11 is 3.59. The molecule has 0 aliphatic rings. The lowest BCUT2D eigenvalue weighted by atomic mass is 10.0. The number of nitrogens with zero attached hydrogens (tertiary/aromatic N) is 1. The molecule has 0 bridgehead atoms. The SMILES string of the molecule is CC(CCCN)CN(C)Cc1ccccc1Br. The minimum Gasteiger partial charge on any atom is -0.330 e. The van der Waals surface area contributed by atoms with Crippen molar-refractivity contribution in [3.63, 3.8) is 0 Å². The number of hydrogen-bond donors (Lipinski definition) is 1. The van der Waals surface area contributed by atoms with Crippen LogP contribution in [0.15, 0.2) is 28.7 Å². The van der Waals surface area contributed by atoms with Crippen molar-refractivity contribution in [3.05, 3.63) is 34.3 Å². The average molecular weight is 299 g/mol. The third-order valence-electron chi connectivity index (χ3n) is 2.92. The number of halogens is 1. The molecule has 1 atom stereocenters. The van der Waals surface area contributed by atoms with Crippen molar-refractivity contribution in [2.45, 2.75) is 26.3 Å². The maximum Gasteiger partial charge on any atom is 0.0242 e. The highest BCUT2D eigenvalue weighted by molar-refractivity contribution is 9.10. The molecule has 1 rings (SSSR count). The monoisotopic (exact) mass is 298 g/mol. The summed E-state index contributed by atoms with van der Waals surface area (Å²) in [5, 5.41) is 0. The van der Waals surface area contributed by atoms with Crippen LogP contribution in [-0.4, -0.2) is 25.0 Å². The largest absolute Gasteiger partial charge is 0.330 e. The normalized spacial score (nSPS) is 13.0. The number of hydrogen-bond acceptors (Lipinski definition) is 2. The van der Waals surface area contributed by atoms with Crippen molar-refractivity contribution in [1.82, 2.24) is 4.90 Å². The zero-order chi connectivity index (χ0) is 12.7. The van der Waals surface area contributed by atoms with Gasteiger partial charge in [-0.2, -0.15) is 0 Å². The van der Waals surface area contributed by atoms with Crippen LogP contribution in [0, 0.1) is 5.92 Å². The molecular formula is C14H23BrN2. The first kappa shape index (κ1) is 14.7. The van der Waals surface area contributed by atoms with Crippen LogP contribution in [0.25, 0.3) is 0 Å². The molecule has 96 valence electrons. The summed E-state index contributed by atoms with van der Waals surface area (Å²) in [5.74, 6) is 0.714. The van der Waals surface area contributed by atoms with Crippen LogP contribution in [0.5, 0.6) is 0 Å². The zero-order valence-electron chi connectivity index (χ0n) is 10.8. The molecule has 0 fully saturated rings. The first-order chi connectivity index (χ1) is 8.13. The summed E-state index contributed by atoms with van der Waals surface area (Å²) in [6, 6.07) is 8.41. The highest BCUT2D eigenvalue weighted by atomic mass is 79.9. The van der Waals surface area contributed by atoms with E-state index in [0.29, 0.717) is 5.92 Å². The van der Waals surface area contributed by atoms with Crippen LogP contribution >= 0.6 is 15.9 Å². The topological polar surface area (TPSA) is 29.3 Å². The minimum absolute atomic E-state index is 0.714. The van der Waals surface area contributed by atoms with Gasteiger partial charge in [-0.3, -0.25) is 0 Å². The summed E-state index contributed by atoms with van der Waals surface area (Å²) in [6.45, 7) is 5.22. The van der Waals surface area contributed by atoms with E-state index in [1.165, 1.54) is 16.5 Å². The molecule has 0 aliphatic heterocycles. The van der Waals surface area contributed by atoms with E-state index < -0.39 is 0 Å². The van der Waals surface area contributed by atoms with E-state index in [-0.39, 0.29) is 0 Å². The van der Waals surface area contributed by atoms with Gasteiger partial charge in [0.05, 0.1) is 0 Å². The Morgan fingerprint density at radius 1 is 1.35 bits per heavy atom. The molecule has 3 heteroatoms. The van der Waals surface area contributed by atoms with Crippen LogP contribution in [0.2, 0.25) is 0 Å². The molecule has 1 unspecified atom stereocenters. The highest BCUT2D eigenvalue weighted by Crippen LogP contribution is 2.18. The fourth-order valence-electron chi connectivity index (χ4n) is 2.07. The van der Waals surface area contributed by atoms with Gasteiger partial charge in [-0.25, -0.2) is 0 Å². The Morgan fingerprint density at radius 3 is 2.71 bits per heavy atom. The molecule has 0 spiro atoms. The summed E-state index contributed by atoms with van der Waals surface area (Å²) in [4.78, 5) is 2.38. The summed E-state index contributed by atoms with van der Waals surface area (Å²) in [6.07, 6.45) is 2.35. The predicted octanol–water partition coefficient (Wildman–Crippen LogP) is 3.26. The Labute approximate surface area is 113 Å². The van der Waals surface area contributed by atoms with Crippen molar-refractivity contribution in [3.8, 4) is 0 Å². The lowest BCUT2D eigenvalue weighted by Crippen LogP contribution is -2.24. The van der Waals surface area contributed by atoms with Crippen LogP contribution in [0.1, 0.15) is 25.3 Å². The van der Waals surface area contributed by atoms with Crippen LogP contribution in [0.4, 0.5) is 0 Å². The van der Waals surface area contributed by atoms with Gasteiger partial charge in [0.2, 0.25) is 0 Å². The van der Waals surface area contributed by atoms with Gasteiger partial charge < -0.3 is 10.6 Å². The van der Waals surface area contributed by atoms with E-state index in [4.69, 9.17) is 5.73 Å². The summed E-state index contributed by atoms with van der Waals surface area (Å²) in [7, 11) is 2.18. The Balaban J connectivity index is 2.39. The van der Waals surface area contributed by atoms with Gasteiger partial charge >= 0.3 is 0 Å². The van der Waals surface area contributed by atoms with E-state index in [1.54, 1.807) is 0 Å². The molecule has 0 heterocycles. The maximum atomic E-state index is 5.53. The average Bonchev–Trinajstić information content (AvgIpc) is 2.29. The minimum atomic E-state index is 0.714. The fourth-order valence-corrected chi connectivity index (χ4v) is 2.48. The Morgan fingerprint density at radius 2 is 2.06 bits per heavy atom. The van der Waals surface area contributed by atoms with Gasteiger partial charge in [-0.05, 0) is 44.0 Å². The first-order valence-electron chi connectivity index (χ1n) is 6.25. The van der Waals surface area contributed by atoms with Gasteiger partial charge in [0.1, 0.15) is 0 Å². The molecular weight excluding hydrogens is 276 g/mol. The molecule has 17 heavy (non-hydrogen) atoms. The zero-order valence-corrected chi connectivity index (χ0v) is 12.4. The highest BCUT2D eigenvalue weighted by Gasteiger charge is 2.08. The second kappa shape index (κ2) is 7.85. The molecule has 0 amide bonds. The lowest BCUT2D eigenvalue weighted by Gasteiger charge is -2.21. The third kappa shape index (κ3) is 5.66. The van der Waals surface area contributed by atoms with E-state index in [2.05, 4.69) is 59.1 Å². The van der Waals surface area contributed by atoms with Gasteiger partial charge in [-0.1, -0.05) is 41.1 Å². The van der Waals surface area contributed by atoms with Crippen molar-refractivity contribution in [2.24, 2.45) is 11.7 Å². The second-order valence-corrected chi connectivity index (χ2v) is 5.68. The molecule has 2 nitrogen and oxygen atoms in total. The summed E-state index contributed by atoms with van der Waals surface area (Å²) < 4.78 is 1.20. The van der Waals surface area contributed by atoms with Crippen molar-refractivity contribution in [1.29, 1.82) is 0 Å². The maximum absolute atomic E-state index is 5.53. The predicted molar refractivity (Wildman–Crippen MR) is 77.9 cm³/mol. The van der Waals surface area contributed by atoms with Gasteiger partial charge in [0.25, 0.3) is 0 Å². The molecule has 0 aliphatic carbocycles. The lowest BCUT2D eigenvalue weighted by molar-refractivity contribution is 0.269. The molecule has 0 saturated heterocycles. The van der Waals surface area contributed by atoms with Gasteiger partial charge in [0, 0.05) is 17.6 Å². The quantitative estimate of drug-likeness (QED) is 0.837. The van der Waals surface area contributed by atoms with E-state index in [9.17, 15) is 0 Å². The van der Waals surface area contributed by atoms with E-state index in [0.717, 1.165) is 26.1 Å². The van der Waals surface area contributed by atoms with Crippen molar-refractivity contribution >= 4 is 15.9 Å². The molecule has 0 saturated carbocycles. The standard InChI is InChI=1S/C14H23BrN2/c1-12(6-5-9-16)10-17(2)11-13-7-3-4-8-14(13)15/h3-4,7-8,12H,5-6,9-11,16H2,1-2H3. The first-order valence-corrected chi connectivity index (χ1v) is 7.04. The molecule has 1 aromatic carbocycles.